The van der Waals surface area contributed by atoms with Crippen molar-refractivity contribution in [1.29, 1.82) is 0 Å². The molecule has 3 N–H and O–H groups in total. The largest absolute Gasteiger partial charge is 0.493 e. The van der Waals surface area contributed by atoms with Crippen LogP contribution in [0.15, 0.2) is 17.0 Å². The van der Waals surface area contributed by atoms with E-state index in [-0.39, 0.29) is 11.3 Å². The van der Waals surface area contributed by atoms with Crippen molar-refractivity contribution in [2.24, 2.45) is 0 Å². The van der Waals surface area contributed by atoms with Gasteiger partial charge in [0.25, 0.3) is 11.1 Å². The summed E-state index contributed by atoms with van der Waals surface area (Å²) in [7, 11) is 3.13. The Morgan fingerprint density at radius 3 is 2.53 bits per heavy atom. The second kappa shape index (κ2) is 11.0. The Balaban J connectivity index is 1.67. The lowest BCUT2D eigenvalue weighted by Crippen LogP contribution is -2.40. The van der Waals surface area contributed by atoms with Gasteiger partial charge >= 0.3 is 6.09 Å². The number of carbonyl (C=O) groups excluding carboxylic acids is 3. The van der Waals surface area contributed by atoms with Gasteiger partial charge in [0.15, 0.2) is 11.5 Å². The Morgan fingerprint density at radius 1 is 1.21 bits per heavy atom. The molecular formula is C23H32N4O6S. The van der Waals surface area contributed by atoms with Crippen molar-refractivity contribution in [3.05, 3.63) is 22.6 Å². The van der Waals surface area contributed by atoms with Crippen LogP contribution in [0.2, 0.25) is 0 Å². The number of hydrogen-bond acceptors (Lipinski definition) is 9. The highest BCUT2D eigenvalue weighted by atomic mass is 32.2. The number of alkyl carbamates (subject to hydrolysis) is 1. The summed E-state index contributed by atoms with van der Waals surface area (Å²) in [6.45, 7) is 8.07. The first-order chi connectivity index (χ1) is 16.1. The van der Waals surface area contributed by atoms with Crippen LogP contribution in [-0.4, -0.2) is 69.3 Å². The van der Waals surface area contributed by atoms with Crippen molar-refractivity contribution in [2.45, 2.75) is 38.8 Å². The van der Waals surface area contributed by atoms with E-state index >= 15 is 0 Å². The summed E-state index contributed by atoms with van der Waals surface area (Å²) in [5, 5.41) is 8.10. The molecule has 2 saturated heterocycles. The van der Waals surface area contributed by atoms with Crippen LogP contribution in [0.1, 0.15) is 32.8 Å². The third-order valence-corrected chi connectivity index (χ3v) is 6.03. The van der Waals surface area contributed by atoms with Crippen LogP contribution in [-0.2, 0) is 9.53 Å². The number of imide groups is 1. The molecule has 1 aromatic rings. The molecule has 0 aromatic heterocycles. The molecule has 2 fully saturated rings. The summed E-state index contributed by atoms with van der Waals surface area (Å²) in [6.07, 6.45) is 2.18. The number of ether oxygens (including phenoxy) is 3. The second-order valence-electron chi connectivity index (χ2n) is 8.93. The fourth-order valence-corrected chi connectivity index (χ4v) is 4.41. The van der Waals surface area contributed by atoms with Crippen molar-refractivity contribution >= 4 is 40.8 Å². The Hall–Kier alpha value is -2.92. The molecular weight excluding hydrogens is 460 g/mol. The molecule has 0 bridgehead atoms. The van der Waals surface area contributed by atoms with Crippen LogP contribution >= 0.6 is 11.8 Å². The van der Waals surface area contributed by atoms with E-state index < -0.39 is 17.6 Å². The minimum atomic E-state index is -0.527. The first-order valence-electron chi connectivity index (χ1n) is 11.1. The van der Waals surface area contributed by atoms with E-state index in [1.807, 2.05) is 32.9 Å². The Labute approximate surface area is 203 Å². The maximum atomic E-state index is 12.1. The number of nitrogens with one attached hydrogen (secondary N) is 3. The summed E-state index contributed by atoms with van der Waals surface area (Å²) < 4.78 is 16.2. The Bertz CT molecular complexity index is 975. The third kappa shape index (κ3) is 6.80. The Kier molecular flexibility index (Phi) is 8.32. The van der Waals surface area contributed by atoms with E-state index in [4.69, 9.17) is 14.2 Å². The molecule has 0 saturated carbocycles. The first-order valence-corrected chi connectivity index (χ1v) is 11.9. The molecule has 3 amide bonds. The average molecular weight is 493 g/mol. The van der Waals surface area contributed by atoms with Gasteiger partial charge in [-0.2, -0.15) is 0 Å². The highest BCUT2D eigenvalue weighted by Gasteiger charge is 2.28. The lowest BCUT2D eigenvalue weighted by Gasteiger charge is -2.23. The van der Waals surface area contributed by atoms with Crippen LogP contribution in [0.4, 0.5) is 15.3 Å². The zero-order valence-electron chi connectivity index (χ0n) is 20.1. The summed E-state index contributed by atoms with van der Waals surface area (Å²) in [4.78, 5) is 38.0. The highest BCUT2D eigenvalue weighted by Crippen LogP contribution is 2.39. The van der Waals surface area contributed by atoms with Gasteiger partial charge in [-0.1, -0.05) is 0 Å². The molecule has 0 spiro atoms. The van der Waals surface area contributed by atoms with E-state index in [2.05, 4.69) is 20.9 Å². The number of methoxy groups -OCH3 is 2. The zero-order valence-corrected chi connectivity index (χ0v) is 21.0. The highest BCUT2D eigenvalue weighted by molar-refractivity contribution is 8.18. The smallest absolute Gasteiger partial charge is 0.407 e. The molecule has 1 atom stereocenters. The lowest BCUT2D eigenvalue weighted by atomic mass is 10.1. The average Bonchev–Trinajstić information content (AvgIpc) is 3.35. The molecule has 11 heteroatoms. The van der Waals surface area contributed by atoms with E-state index in [0.29, 0.717) is 29.5 Å². The first kappa shape index (κ1) is 25.7. The normalized spacial score (nSPS) is 19.4. The molecule has 3 rings (SSSR count). The third-order valence-electron chi connectivity index (χ3n) is 5.22. The fourth-order valence-electron chi connectivity index (χ4n) is 3.74. The molecule has 0 aliphatic carbocycles. The van der Waals surface area contributed by atoms with Gasteiger partial charge in [-0.05, 0) is 51.1 Å². The molecule has 2 heterocycles. The fraction of sp³-hybridized carbons (Fsp3) is 0.522. The number of anilines is 1. The number of benzene rings is 1. The maximum absolute atomic E-state index is 12.1. The lowest BCUT2D eigenvalue weighted by molar-refractivity contribution is -0.115. The van der Waals surface area contributed by atoms with Gasteiger partial charge in [-0.25, -0.2) is 4.79 Å². The van der Waals surface area contributed by atoms with Gasteiger partial charge in [0.1, 0.15) is 5.60 Å². The van der Waals surface area contributed by atoms with Crippen LogP contribution < -0.4 is 30.3 Å². The molecule has 34 heavy (non-hydrogen) atoms. The number of carbonyl (C=O) groups is 3. The zero-order chi connectivity index (χ0) is 24.9. The summed E-state index contributed by atoms with van der Waals surface area (Å²) >= 11 is 0.877. The molecule has 2 aliphatic rings. The number of rotatable bonds is 8. The molecule has 2 aliphatic heterocycles. The molecule has 0 radical (unpaired) electrons. The molecule has 1 aromatic carbocycles. The van der Waals surface area contributed by atoms with E-state index in [1.54, 1.807) is 20.3 Å². The quantitative estimate of drug-likeness (QED) is 0.372. The Morgan fingerprint density at radius 2 is 1.91 bits per heavy atom. The minimum absolute atomic E-state index is 0.222. The number of hydrogen-bond donors (Lipinski definition) is 3. The van der Waals surface area contributed by atoms with Crippen LogP contribution in [0.5, 0.6) is 11.5 Å². The van der Waals surface area contributed by atoms with Crippen LogP contribution in [0.25, 0.3) is 6.08 Å². The summed E-state index contributed by atoms with van der Waals surface area (Å²) in [5.74, 6) is 0.710. The van der Waals surface area contributed by atoms with Crippen molar-refractivity contribution in [1.82, 2.24) is 16.0 Å². The van der Waals surface area contributed by atoms with Gasteiger partial charge in [-0.3, -0.25) is 14.9 Å². The number of amides is 3. The second-order valence-corrected chi connectivity index (χ2v) is 9.95. The van der Waals surface area contributed by atoms with Crippen LogP contribution in [0, 0.1) is 0 Å². The standard InChI is InChI=1S/C23H32N4O6S/c1-23(2,3)33-21(29)25-8-7-24-15-6-9-27(13-15)16-12-18(32-5)17(31-4)10-14(16)11-19-20(28)26-22(30)34-19/h10-12,15,24H,6-9,13H2,1-5H3,(H,25,29)(H,26,28,30). The SMILES string of the molecule is COc1cc(C=C2SC(=O)NC2=O)c(N2CCC(NCCNC(=O)OC(C)(C)C)C2)cc1OC. The van der Waals surface area contributed by atoms with Crippen molar-refractivity contribution < 1.29 is 28.6 Å². The van der Waals surface area contributed by atoms with Crippen molar-refractivity contribution in [3.63, 3.8) is 0 Å². The van der Waals surface area contributed by atoms with Gasteiger partial charge < -0.3 is 29.7 Å². The minimum Gasteiger partial charge on any atom is -0.493 e. The van der Waals surface area contributed by atoms with Gasteiger partial charge in [-0.15, -0.1) is 0 Å². The van der Waals surface area contributed by atoms with E-state index in [0.717, 1.165) is 42.5 Å². The molecule has 10 nitrogen and oxygen atoms in total. The van der Waals surface area contributed by atoms with E-state index in [9.17, 15) is 14.4 Å². The predicted octanol–water partition coefficient (Wildman–Crippen LogP) is 2.72. The maximum Gasteiger partial charge on any atom is 0.407 e. The van der Waals surface area contributed by atoms with E-state index in [1.165, 1.54) is 0 Å². The molecule has 186 valence electrons. The topological polar surface area (TPSA) is 118 Å². The number of nitrogens with zero attached hydrogens (tertiary/aromatic N) is 1. The van der Waals surface area contributed by atoms with Gasteiger partial charge in [0, 0.05) is 49.5 Å². The van der Waals surface area contributed by atoms with Crippen molar-refractivity contribution in [3.8, 4) is 11.5 Å². The monoisotopic (exact) mass is 492 g/mol. The van der Waals surface area contributed by atoms with Crippen LogP contribution in [0.3, 0.4) is 0 Å². The van der Waals surface area contributed by atoms with Gasteiger partial charge in [0.2, 0.25) is 0 Å². The summed E-state index contributed by atoms with van der Waals surface area (Å²) in [6, 6.07) is 3.92. The molecule has 1 unspecified atom stereocenters. The predicted molar refractivity (Wildman–Crippen MR) is 132 cm³/mol. The summed E-state index contributed by atoms with van der Waals surface area (Å²) in [5.41, 5.74) is 1.12. The van der Waals surface area contributed by atoms with Crippen molar-refractivity contribution in [2.75, 3.05) is 45.3 Å². The number of thioether (sulfide) groups is 1. The van der Waals surface area contributed by atoms with Gasteiger partial charge in [0.05, 0.1) is 19.1 Å².